The van der Waals surface area contributed by atoms with Crippen molar-refractivity contribution in [3.63, 3.8) is 0 Å². The molecule has 2 aromatic carbocycles. The first-order valence-electron chi connectivity index (χ1n) is 9.51. The fourth-order valence-electron chi connectivity index (χ4n) is 3.70. The van der Waals surface area contributed by atoms with Gasteiger partial charge in [0.05, 0.1) is 0 Å². The van der Waals surface area contributed by atoms with Gasteiger partial charge in [-0.05, 0) is 24.3 Å². The lowest BCUT2D eigenvalue weighted by Crippen LogP contribution is -2.53. The largest absolute Gasteiger partial charge is 0.483 e. The third kappa shape index (κ3) is 3.90. The Morgan fingerprint density at radius 2 is 1.74 bits per heavy atom. The Bertz CT molecular complexity index is 819. The second-order valence-electron chi connectivity index (χ2n) is 6.97. The predicted molar refractivity (Wildman–Crippen MR) is 102 cm³/mol. The van der Waals surface area contributed by atoms with Gasteiger partial charge in [-0.2, -0.15) is 0 Å². The molecule has 2 heterocycles. The van der Waals surface area contributed by atoms with Gasteiger partial charge in [0.25, 0.3) is 11.8 Å². The lowest BCUT2D eigenvalue weighted by atomic mass is 10.1. The minimum Gasteiger partial charge on any atom is -0.483 e. The van der Waals surface area contributed by atoms with Crippen LogP contribution in [-0.4, -0.2) is 67.1 Å². The number of benzene rings is 2. The summed E-state index contributed by atoms with van der Waals surface area (Å²) in [4.78, 5) is 28.5. The fraction of sp³-hybridized carbons (Fsp3) is 0.429. The number of carbonyl (C=O) groups is 2. The van der Waals surface area contributed by atoms with E-state index in [4.69, 9.17) is 9.47 Å². The summed E-state index contributed by atoms with van der Waals surface area (Å²) >= 11 is 0. The van der Waals surface area contributed by atoms with E-state index < -0.39 is 0 Å². The highest BCUT2D eigenvalue weighted by atomic mass is 16.5. The van der Waals surface area contributed by atoms with Crippen molar-refractivity contribution in [2.24, 2.45) is 0 Å². The van der Waals surface area contributed by atoms with Crippen LogP contribution in [0.1, 0.15) is 12.8 Å². The molecule has 0 radical (unpaired) electrons. The smallest absolute Gasteiger partial charge is 0.260 e. The Balaban J connectivity index is 1.30. The molecule has 6 nitrogen and oxygen atoms in total. The van der Waals surface area contributed by atoms with Gasteiger partial charge in [-0.1, -0.05) is 36.4 Å². The number of fused-ring (bicyclic) bond motifs is 1. The van der Waals surface area contributed by atoms with Gasteiger partial charge in [-0.15, -0.1) is 0 Å². The van der Waals surface area contributed by atoms with Gasteiger partial charge in [-0.25, -0.2) is 0 Å². The number of hydrogen-bond donors (Lipinski definition) is 0. The molecule has 0 bridgehead atoms. The molecule has 0 spiro atoms. The van der Waals surface area contributed by atoms with Crippen LogP contribution in [0, 0.1) is 0 Å². The normalized spacial score (nSPS) is 20.1. The first-order valence-corrected chi connectivity index (χ1v) is 9.51. The van der Waals surface area contributed by atoms with Gasteiger partial charge in [0.15, 0.2) is 6.61 Å². The van der Waals surface area contributed by atoms with Crippen LogP contribution in [0.15, 0.2) is 42.5 Å². The number of ether oxygens (including phenoxy) is 2. The van der Waals surface area contributed by atoms with Crippen molar-refractivity contribution in [2.75, 3.05) is 39.4 Å². The molecule has 2 amide bonds. The Hall–Kier alpha value is -2.60. The monoisotopic (exact) mass is 368 g/mol. The summed E-state index contributed by atoms with van der Waals surface area (Å²) in [5.41, 5.74) is 0. The minimum atomic E-state index is -0.290. The van der Waals surface area contributed by atoms with Crippen molar-refractivity contribution >= 4 is 22.6 Å². The van der Waals surface area contributed by atoms with Crippen LogP contribution in [-0.2, 0) is 14.3 Å². The number of carbonyl (C=O) groups excluding carboxylic acids is 2. The molecule has 142 valence electrons. The van der Waals surface area contributed by atoms with Crippen molar-refractivity contribution < 1.29 is 19.1 Å². The van der Waals surface area contributed by atoms with Crippen molar-refractivity contribution in [1.82, 2.24) is 9.80 Å². The maximum atomic E-state index is 12.5. The van der Waals surface area contributed by atoms with E-state index in [-0.39, 0.29) is 24.5 Å². The maximum Gasteiger partial charge on any atom is 0.260 e. The Kier molecular flexibility index (Phi) is 5.25. The molecule has 27 heavy (non-hydrogen) atoms. The average molecular weight is 368 g/mol. The number of hydrogen-bond acceptors (Lipinski definition) is 4. The molecule has 2 saturated heterocycles. The number of amides is 2. The zero-order valence-electron chi connectivity index (χ0n) is 15.3. The summed E-state index contributed by atoms with van der Waals surface area (Å²) < 4.78 is 11.3. The van der Waals surface area contributed by atoms with Gasteiger partial charge in [0.1, 0.15) is 11.9 Å². The molecule has 0 aromatic heterocycles. The van der Waals surface area contributed by atoms with Crippen molar-refractivity contribution in [1.29, 1.82) is 0 Å². The van der Waals surface area contributed by atoms with Gasteiger partial charge >= 0.3 is 0 Å². The predicted octanol–water partition coefficient (Wildman–Crippen LogP) is 2.07. The first kappa shape index (κ1) is 17.8. The van der Waals surface area contributed by atoms with Crippen molar-refractivity contribution in [3.8, 4) is 5.75 Å². The average Bonchev–Trinajstić information content (AvgIpc) is 3.26. The lowest BCUT2D eigenvalue weighted by molar-refractivity contribution is -0.146. The van der Waals surface area contributed by atoms with Gasteiger partial charge in [0.2, 0.25) is 0 Å². The molecule has 2 fully saturated rings. The molecule has 2 aliphatic heterocycles. The van der Waals surface area contributed by atoms with Gasteiger partial charge in [-0.3, -0.25) is 9.59 Å². The molecule has 0 aliphatic carbocycles. The maximum absolute atomic E-state index is 12.5. The van der Waals surface area contributed by atoms with E-state index in [1.165, 1.54) is 0 Å². The number of piperazine rings is 1. The van der Waals surface area contributed by atoms with Gasteiger partial charge in [0, 0.05) is 38.2 Å². The van der Waals surface area contributed by atoms with E-state index in [1.54, 1.807) is 4.90 Å². The standard InChI is InChI=1S/C21H24N2O4/c24-20(15-27-18-8-3-6-16-5-1-2-7-17(16)18)22-10-12-23(13-11-22)21(25)19-9-4-14-26-19/h1-3,5-8,19H,4,9-15H2. The molecular formula is C21H24N2O4. The molecule has 2 aliphatic rings. The van der Waals surface area contributed by atoms with Crippen molar-refractivity contribution in [3.05, 3.63) is 42.5 Å². The summed E-state index contributed by atoms with van der Waals surface area (Å²) in [7, 11) is 0. The van der Waals surface area contributed by atoms with E-state index >= 15 is 0 Å². The second-order valence-corrected chi connectivity index (χ2v) is 6.97. The van der Waals surface area contributed by atoms with E-state index in [0.29, 0.717) is 38.5 Å². The highest BCUT2D eigenvalue weighted by Crippen LogP contribution is 2.25. The molecule has 1 unspecified atom stereocenters. The third-order valence-corrected chi connectivity index (χ3v) is 5.25. The molecule has 2 aromatic rings. The summed E-state index contributed by atoms with van der Waals surface area (Å²) in [6.45, 7) is 2.86. The van der Waals surface area contributed by atoms with E-state index in [1.807, 2.05) is 47.4 Å². The minimum absolute atomic E-state index is 0.00763. The van der Waals surface area contributed by atoms with E-state index in [0.717, 1.165) is 23.6 Å². The topological polar surface area (TPSA) is 59.1 Å². The Morgan fingerprint density at radius 3 is 2.52 bits per heavy atom. The van der Waals surface area contributed by atoms with E-state index in [9.17, 15) is 9.59 Å². The summed E-state index contributed by atoms with van der Waals surface area (Å²) in [5.74, 6) is 0.729. The van der Waals surface area contributed by atoms with E-state index in [2.05, 4.69) is 0 Å². The summed E-state index contributed by atoms with van der Waals surface area (Å²) in [6, 6.07) is 13.8. The highest BCUT2D eigenvalue weighted by Gasteiger charge is 2.31. The number of rotatable bonds is 4. The molecule has 0 N–H and O–H groups in total. The lowest BCUT2D eigenvalue weighted by Gasteiger charge is -2.35. The molecule has 0 saturated carbocycles. The Labute approximate surface area is 158 Å². The molecule has 4 rings (SSSR count). The zero-order chi connectivity index (χ0) is 18.6. The summed E-state index contributed by atoms with van der Waals surface area (Å²) in [5, 5.41) is 2.09. The van der Waals surface area contributed by atoms with Gasteiger partial charge < -0.3 is 19.3 Å². The van der Waals surface area contributed by atoms with Crippen LogP contribution < -0.4 is 4.74 Å². The van der Waals surface area contributed by atoms with Crippen LogP contribution in [0.3, 0.4) is 0 Å². The molecule has 6 heteroatoms. The fourth-order valence-corrected chi connectivity index (χ4v) is 3.70. The van der Waals surface area contributed by atoms with Crippen LogP contribution in [0.5, 0.6) is 5.75 Å². The summed E-state index contributed by atoms with van der Waals surface area (Å²) in [6.07, 6.45) is 1.46. The van der Waals surface area contributed by atoms with Crippen LogP contribution in [0.4, 0.5) is 0 Å². The molecule has 1 atom stereocenters. The Morgan fingerprint density at radius 1 is 1.00 bits per heavy atom. The van der Waals surface area contributed by atoms with Crippen LogP contribution in [0.25, 0.3) is 10.8 Å². The highest BCUT2D eigenvalue weighted by molar-refractivity contribution is 5.88. The third-order valence-electron chi connectivity index (χ3n) is 5.25. The van der Waals surface area contributed by atoms with Crippen molar-refractivity contribution in [2.45, 2.75) is 18.9 Å². The zero-order valence-corrected chi connectivity index (χ0v) is 15.3. The van der Waals surface area contributed by atoms with Crippen LogP contribution >= 0.6 is 0 Å². The van der Waals surface area contributed by atoms with Crippen LogP contribution in [0.2, 0.25) is 0 Å². The second kappa shape index (κ2) is 7.96. The SMILES string of the molecule is O=C(COc1cccc2ccccc12)N1CCN(C(=O)C2CCCO2)CC1. The molecular weight excluding hydrogens is 344 g/mol. The quantitative estimate of drug-likeness (QED) is 0.829. The first-order chi connectivity index (χ1) is 13.2. The number of nitrogens with zero attached hydrogens (tertiary/aromatic N) is 2.